The Labute approximate surface area is 583 Å². The van der Waals surface area contributed by atoms with E-state index >= 15 is 0 Å². The number of carboxylic acid groups (broad SMARTS) is 3. The van der Waals surface area contributed by atoms with Crippen molar-refractivity contribution in [3.8, 4) is 0 Å². The second-order valence-corrected chi connectivity index (χ2v) is 30.2. The molecule has 4 aliphatic rings. The number of ketones is 3. The Morgan fingerprint density at radius 3 is 1.14 bits per heavy atom. The summed E-state index contributed by atoms with van der Waals surface area (Å²) in [4.78, 5) is 146. The van der Waals surface area contributed by atoms with Crippen LogP contribution in [0, 0.1) is 41.4 Å². The lowest BCUT2D eigenvalue weighted by molar-refractivity contribution is -0.143. The third kappa shape index (κ3) is 40.0. The summed E-state index contributed by atoms with van der Waals surface area (Å²) < 4.78 is 0. The molecule has 0 bridgehead atoms. The van der Waals surface area contributed by atoms with Crippen LogP contribution in [0.15, 0.2) is 0 Å². The molecule has 8 N–H and O–H groups in total. The average Bonchev–Trinajstić information content (AvgIpc) is 1.55. The van der Waals surface area contributed by atoms with Gasteiger partial charge < -0.3 is 41.9 Å². The number of Topliss-reactive ketones (excluding diaryl/α,β-unsaturated/α-hetero) is 3. The van der Waals surface area contributed by atoms with Crippen LogP contribution in [0.1, 0.15) is 354 Å². The van der Waals surface area contributed by atoms with Crippen LogP contribution < -0.4 is 26.6 Å². The Morgan fingerprint density at radius 2 is 0.680 bits per heavy atom. The summed E-state index contributed by atoms with van der Waals surface area (Å²) in [7, 11) is 0. The van der Waals surface area contributed by atoms with Crippen molar-refractivity contribution < 1.29 is 68.1 Å². The molecule has 97 heavy (non-hydrogen) atoms. The molecule has 0 aromatic heterocycles. The zero-order valence-corrected chi connectivity index (χ0v) is 60.2. The summed E-state index contributed by atoms with van der Waals surface area (Å²) in [5, 5.41) is 44.0. The minimum atomic E-state index is -1.36. The van der Waals surface area contributed by atoms with Gasteiger partial charge in [-0.3, -0.25) is 52.7 Å². The van der Waals surface area contributed by atoms with E-state index in [1.807, 2.05) is 0 Å². The lowest BCUT2D eigenvalue weighted by Gasteiger charge is -2.24. The number of carbonyl (C=O) groups excluding carboxylic acids is 8. The summed E-state index contributed by atoms with van der Waals surface area (Å²) in [6.45, 7) is 1.57. The van der Waals surface area contributed by atoms with E-state index in [0.717, 1.165) is 102 Å². The van der Waals surface area contributed by atoms with Crippen molar-refractivity contribution in [2.75, 3.05) is 13.1 Å². The molecule has 6 atom stereocenters. The Kier molecular flexibility index (Phi) is 45.0. The van der Waals surface area contributed by atoms with Crippen molar-refractivity contribution in [3.05, 3.63) is 0 Å². The van der Waals surface area contributed by atoms with Crippen molar-refractivity contribution in [1.82, 2.24) is 26.6 Å². The van der Waals surface area contributed by atoms with Crippen LogP contribution in [0.5, 0.6) is 0 Å². The van der Waals surface area contributed by atoms with Crippen LogP contribution in [0.25, 0.3) is 0 Å². The first-order valence-corrected chi connectivity index (χ1v) is 39.5. The van der Waals surface area contributed by atoms with E-state index in [2.05, 4.69) is 26.6 Å². The second kappa shape index (κ2) is 51.9. The SMILES string of the molecule is CC(=O)NCCC(=O)N[C@@H](CCC(=O)N[C@@H](CCC(=O)CCCCC[C@H](CC1CCCCCC1)C(=O)O)C(=O)CCCCCCCC1CCCCCC1)C(=O)N[C@@H](CCC(=O)NCCCC[C@H](CC1CCCCCC1)C(=O)O)C(=O)CCCCC[C@H](CC1CCCCCC1)C(=O)O. The van der Waals surface area contributed by atoms with Crippen molar-refractivity contribution in [2.45, 2.75) is 372 Å². The smallest absolute Gasteiger partial charge is 0.306 e. The monoisotopic (exact) mass is 1360 g/mol. The average molecular weight is 1360 g/mol. The second-order valence-electron chi connectivity index (χ2n) is 30.2. The predicted molar refractivity (Wildman–Crippen MR) is 379 cm³/mol. The Bertz CT molecular complexity index is 2300. The molecule has 4 aliphatic carbocycles. The van der Waals surface area contributed by atoms with Crippen molar-refractivity contribution >= 4 is 64.8 Å². The first-order valence-electron chi connectivity index (χ1n) is 39.5. The number of carboxylic acids is 3. The highest BCUT2D eigenvalue weighted by molar-refractivity contribution is 5.94. The Morgan fingerprint density at radius 1 is 0.320 bits per heavy atom. The fourth-order valence-corrected chi connectivity index (χ4v) is 15.9. The van der Waals surface area contributed by atoms with Gasteiger partial charge in [0.2, 0.25) is 29.5 Å². The van der Waals surface area contributed by atoms with Crippen molar-refractivity contribution in [1.29, 1.82) is 0 Å². The van der Waals surface area contributed by atoms with Crippen LogP contribution in [0.2, 0.25) is 0 Å². The van der Waals surface area contributed by atoms with Gasteiger partial charge in [-0.15, -0.1) is 0 Å². The van der Waals surface area contributed by atoms with Crippen LogP contribution in [0.3, 0.4) is 0 Å². The minimum Gasteiger partial charge on any atom is -0.481 e. The maximum Gasteiger partial charge on any atom is 0.306 e. The highest BCUT2D eigenvalue weighted by Gasteiger charge is 2.31. The number of rotatable bonds is 52. The number of amides is 5. The van der Waals surface area contributed by atoms with Crippen molar-refractivity contribution in [2.24, 2.45) is 41.4 Å². The molecule has 0 aromatic rings. The summed E-state index contributed by atoms with van der Waals surface area (Å²) in [6, 6.07) is -3.51. The first-order chi connectivity index (χ1) is 46.9. The molecule has 0 aromatic carbocycles. The minimum absolute atomic E-state index is 0.0284. The molecule has 19 nitrogen and oxygen atoms in total. The maximum absolute atomic E-state index is 14.5. The molecule has 4 fully saturated rings. The van der Waals surface area contributed by atoms with Crippen molar-refractivity contribution in [3.63, 3.8) is 0 Å². The molecule has 5 amide bonds. The summed E-state index contributed by atoms with van der Waals surface area (Å²) in [5.74, 6) is -4.89. The quantitative estimate of drug-likeness (QED) is 0.0207. The number of carbonyl (C=O) groups is 11. The van der Waals surface area contributed by atoms with E-state index in [1.54, 1.807) is 0 Å². The molecule has 19 heteroatoms. The third-order valence-corrected chi connectivity index (χ3v) is 22.0. The van der Waals surface area contributed by atoms with E-state index < -0.39 is 71.5 Å². The van der Waals surface area contributed by atoms with E-state index in [1.165, 1.54) is 96.8 Å². The highest BCUT2D eigenvalue weighted by atomic mass is 16.4. The Balaban J connectivity index is 1.42. The van der Waals surface area contributed by atoms with Gasteiger partial charge in [-0.05, 0) is 107 Å². The highest BCUT2D eigenvalue weighted by Crippen LogP contribution is 2.34. The van der Waals surface area contributed by atoms with Gasteiger partial charge in [0.05, 0.1) is 29.8 Å². The van der Waals surface area contributed by atoms with Gasteiger partial charge in [0.25, 0.3) is 0 Å². The number of hydrogen-bond donors (Lipinski definition) is 8. The zero-order chi connectivity index (χ0) is 70.3. The summed E-state index contributed by atoms with van der Waals surface area (Å²) in [6.07, 6.45) is 42.2. The first kappa shape index (κ1) is 84.2. The third-order valence-electron chi connectivity index (χ3n) is 22.0. The van der Waals surface area contributed by atoms with Crippen LogP contribution in [0.4, 0.5) is 0 Å². The zero-order valence-electron chi connectivity index (χ0n) is 60.2. The molecular weight excluding hydrogens is 1230 g/mol. The number of aliphatic carboxylic acids is 3. The molecule has 4 saturated carbocycles. The molecule has 0 spiro atoms. The number of nitrogens with one attached hydrogen (secondary N) is 5. The fourth-order valence-electron chi connectivity index (χ4n) is 15.9. The molecule has 0 saturated heterocycles. The van der Waals surface area contributed by atoms with Gasteiger partial charge in [0.1, 0.15) is 11.8 Å². The van der Waals surface area contributed by atoms with Crippen LogP contribution in [-0.4, -0.2) is 111 Å². The van der Waals surface area contributed by atoms with Gasteiger partial charge in [-0.25, -0.2) is 0 Å². The van der Waals surface area contributed by atoms with E-state index in [9.17, 15) is 68.1 Å². The van der Waals surface area contributed by atoms with Gasteiger partial charge >= 0.3 is 17.9 Å². The predicted octanol–water partition coefficient (Wildman–Crippen LogP) is 15.1. The fraction of sp³-hybridized carbons (Fsp3) is 0.859. The molecule has 0 unspecified atom stereocenters. The van der Waals surface area contributed by atoms with Crippen LogP contribution in [-0.2, 0) is 52.7 Å². The number of hydrogen-bond acceptors (Lipinski definition) is 11. The number of unbranched alkanes of at least 4 members (excludes halogenated alkanes) is 9. The standard InChI is InChI=1S/C78H133N5O14/c1-58(84)79-54-52-74(90)82-69(49-51-73(89)81-67(70(86)44-27-4-2-3-15-31-59-32-16-5-6-17-33-59)47-46-66(85)43-26-13-24-40-63(76(92)93)55-60-34-18-7-8-19-35-60)75(91)83-68(71(87)45-28-14-25-41-64(77(94)95)56-61-36-20-9-10-21-37-61)48-50-72(88)80-53-30-29-42-65(78(96)97)57-62-38-22-11-12-23-39-62/h59-65,67-69H,2-57H2,1H3,(H,79,84)(H,80,88)(H,81,89)(H,82,90)(H,83,91)(H,92,93)(H,94,95)(H,96,97)/t63-,64-,65-,67+,68+,69+/m1/s1. The van der Waals surface area contributed by atoms with Gasteiger partial charge in [-0.2, -0.15) is 0 Å². The van der Waals surface area contributed by atoms with E-state index in [0.29, 0.717) is 121 Å². The lowest BCUT2D eigenvalue weighted by Crippen LogP contribution is -2.52. The molecule has 0 radical (unpaired) electrons. The van der Waals surface area contributed by atoms with E-state index in [-0.39, 0.29) is 99.9 Å². The summed E-state index contributed by atoms with van der Waals surface area (Å²) in [5.41, 5.74) is 0. The topological polar surface area (TPSA) is 309 Å². The molecule has 0 heterocycles. The molecule has 554 valence electrons. The maximum atomic E-state index is 14.5. The molecule has 0 aliphatic heterocycles. The van der Waals surface area contributed by atoms with E-state index in [4.69, 9.17) is 0 Å². The van der Waals surface area contributed by atoms with Crippen LogP contribution >= 0.6 is 0 Å². The normalized spacial score (nSPS) is 18.2. The molecule has 4 rings (SSSR count). The summed E-state index contributed by atoms with van der Waals surface area (Å²) >= 11 is 0. The van der Waals surface area contributed by atoms with Gasteiger partial charge in [-0.1, -0.05) is 218 Å². The Hall–Kier alpha value is -5.23. The largest absolute Gasteiger partial charge is 0.481 e. The lowest BCUT2D eigenvalue weighted by atomic mass is 9.86. The van der Waals surface area contributed by atoms with Gasteiger partial charge in [0, 0.05) is 65.0 Å². The van der Waals surface area contributed by atoms with Gasteiger partial charge in [0.15, 0.2) is 11.6 Å². The molecular formula is C78H133N5O14.